The monoisotopic (exact) mass is 295 g/mol. The molecule has 0 atom stereocenters. The average Bonchev–Trinajstić information content (AvgIpc) is 3.06. The highest BCUT2D eigenvalue weighted by atomic mass is 16.5. The summed E-state index contributed by atoms with van der Waals surface area (Å²) < 4.78 is 5.39. The van der Waals surface area contributed by atoms with Crippen LogP contribution in [-0.2, 0) is 4.74 Å². The lowest BCUT2D eigenvalue weighted by Crippen LogP contribution is -2.36. The molecule has 112 valence electrons. The molecule has 0 spiro atoms. The number of hydrogen-bond acceptors (Lipinski definition) is 5. The van der Waals surface area contributed by atoms with Crippen LogP contribution in [0.3, 0.4) is 0 Å². The number of hydrogen-bond donors (Lipinski definition) is 2. The lowest BCUT2D eigenvalue weighted by atomic mass is 10.2. The number of fused-ring (bicyclic) bond motifs is 1. The normalized spacial score (nSPS) is 15.2. The van der Waals surface area contributed by atoms with Gasteiger partial charge in [-0.3, -0.25) is 0 Å². The number of ether oxygens (including phenoxy) is 1. The highest BCUT2D eigenvalue weighted by molar-refractivity contribution is 5.88. The molecule has 3 heterocycles. The molecule has 0 saturated carbocycles. The van der Waals surface area contributed by atoms with E-state index in [-0.39, 0.29) is 0 Å². The molecule has 3 aromatic rings. The zero-order valence-electron chi connectivity index (χ0n) is 12.1. The van der Waals surface area contributed by atoms with Gasteiger partial charge < -0.3 is 19.9 Å². The number of benzene rings is 1. The highest BCUT2D eigenvalue weighted by Gasteiger charge is 2.11. The summed E-state index contributed by atoms with van der Waals surface area (Å²) in [5.74, 6) is 0.811. The average molecular weight is 295 g/mol. The zero-order chi connectivity index (χ0) is 14.8. The molecule has 1 aromatic carbocycles. The van der Waals surface area contributed by atoms with Gasteiger partial charge in [-0.1, -0.05) is 0 Å². The van der Waals surface area contributed by atoms with Crippen LogP contribution in [0.25, 0.3) is 11.0 Å². The number of anilines is 3. The first-order valence-electron chi connectivity index (χ1n) is 7.38. The van der Waals surface area contributed by atoms with Crippen LogP contribution in [-0.4, -0.2) is 41.3 Å². The molecule has 0 amide bonds. The summed E-state index contributed by atoms with van der Waals surface area (Å²) in [6.45, 7) is 3.49. The van der Waals surface area contributed by atoms with E-state index in [2.05, 4.69) is 49.4 Å². The largest absolute Gasteiger partial charge is 0.378 e. The fourth-order valence-corrected chi connectivity index (χ4v) is 2.69. The Bertz CT molecular complexity index is 762. The quantitative estimate of drug-likeness (QED) is 0.777. The molecule has 0 aliphatic carbocycles. The topological polar surface area (TPSA) is 66.1 Å². The molecule has 6 nitrogen and oxygen atoms in total. The third-order valence-electron chi connectivity index (χ3n) is 3.86. The van der Waals surface area contributed by atoms with Crippen molar-refractivity contribution in [3.05, 3.63) is 42.9 Å². The van der Waals surface area contributed by atoms with Gasteiger partial charge in [0.1, 0.15) is 17.8 Å². The lowest BCUT2D eigenvalue weighted by molar-refractivity contribution is 0.122. The van der Waals surface area contributed by atoms with Gasteiger partial charge in [0, 0.05) is 30.7 Å². The molecular formula is C16H17N5O. The number of nitrogens with zero attached hydrogens (tertiary/aromatic N) is 3. The molecule has 2 N–H and O–H groups in total. The van der Waals surface area contributed by atoms with Crippen molar-refractivity contribution in [2.24, 2.45) is 0 Å². The number of aromatic amines is 1. The minimum Gasteiger partial charge on any atom is -0.378 e. The van der Waals surface area contributed by atoms with Gasteiger partial charge in [-0.25, -0.2) is 9.97 Å². The molecule has 1 aliphatic rings. The molecule has 1 aliphatic heterocycles. The van der Waals surface area contributed by atoms with E-state index in [1.807, 2.05) is 12.3 Å². The summed E-state index contributed by atoms with van der Waals surface area (Å²) in [6, 6.07) is 10.4. The first-order chi connectivity index (χ1) is 10.9. The number of morpholine rings is 1. The van der Waals surface area contributed by atoms with Gasteiger partial charge in [0.2, 0.25) is 0 Å². The first-order valence-corrected chi connectivity index (χ1v) is 7.38. The summed E-state index contributed by atoms with van der Waals surface area (Å²) >= 11 is 0. The Labute approximate surface area is 128 Å². The van der Waals surface area contributed by atoms with Crippen molar-refractivity contribution in [3.63, 3.8) is 0 Å². The van der Waals surface area contributed by atoms with Gasteiger partial charge in [0.25, 0.3) is 0 Å². The van der Waals surface area contributed by atoms with Gasteiger partial charge >= 0.3 is 0 Å². The van der Waals surface area contributed by atoms with E-state index in [0.29, 0.717) is 0 Å². The Morgan fingerprint density at radius 1 is 1.05 bits per heavy atom. The van der Waals surface area contributed by atoms with Crippen LogP contribution in [0.5, 0.6) is 0 Å². The van der Waals surface area contributed by atoms with Crippen molar-refractivity contribution in [2.45, 2.75) is 0 Å². The molecule has 6 heteroatoms. The molecular weight excluding hydrogens is 278 g/mol. The number of aromatic nitrogens is 3. The maximum atomic E-state index is 5.39. The fourth-order valence-electron chi connectivity index (χ4n) is 2.69. The molecule has 22 heavy (non-hydrogen) atoms. The number of rotatable bonds is 3. The smallest absolute Gasteiger partial charge is 0.143 e. The Hall–Kier alpha value is -2.60. The van der Waals surface area contributed by atoms with Crippen LogP contribution in [0.2, 0.25) is 0 Å². The van der Waals surface area contributed by atoms with E-state index in [4.69, 9.17) is 4.74 Å². The van der Waals surface area contributed by atoms with E-state index in [0.717, 1.165) is 48.8 Å². The maximum absolute atomic E-state index is 5.39. The van der Waals surface area contributed by atoms with Gasteiger partial charge in [-0.15, -0.1) is 0 Å². The third-order valence-corrected chi connectivity index (χ3v) is 3.86. The van der Waals surface area contributed by atoms with Crippen LogP contribution in [0.1, 0.15) is 0 Å². The number of H-pyrrole nitrogens is 1. The predicted octanol–water partition coefficient (Wildman–Crippen LogP) is 2.54. The highest BCUT2D eigenvalue weighted by Crippen LogP contribution is 2.24. The Morgan fingerprint density at radius 3 is 2.68 bits per heavy atom. The van der Waals surface area contributed by atoms with E-state index in [9.17, 15) is 0 Å². The summed E-state index contributed by atoms with van der Waals surface area (Å²) in [5.41, 5.74) is 3.07. The van der Waals surface area contributed by atoms with Crippen molar-refractivity contribution < 1.29 is 4.74 Å². The Kier molecular flexibility index (Phi) is 3.36. The van der Waals surface area contributed by atoms with Crippen LogP contribution in [0.15, 0.2) is 42.9 Å². The van der Waals surface area contributed by atoms with E-state index >= 15 is 0 Å². The first kappa shape index (κ1) is 13.1. The van der Waals surface area contributed by atoms with Gasteiger partial charge in [-0.2, -0.15) is 0 Å². The van der Waals surface area contributed by atoms with Crippen molar-refractivity contribution in [1.82, 2.24) is 15.0 Å². The van der Waals surface area contributed by atoms with Crippen LogP contribution in [0, 0.1) is 0 Å². The molecule has 1 saturated heterocycles. The molecule has 0 unspecified atom stereocenters. The van der Waals surface area contributed by atoms with Gasteiger partial charge in [-0.05, 0) is 30.3 Å². The summed E-state index contributed by atoms with van der Waals surface area (Å²) in [7, 11) is 0. The summed E-state index contributed by atoms with van der Waals surface area (Å²) in [6.07, 6.45) is 3.43. The van der Waals surface area contributed by atoms with E-state index in [1.165, 1.54) is 5.69 Å². The predicted molar refractivity (Wildman–Crippen MR) is 86.6 cm³/mol. The maximum Gasteiger partial charge on any atom is 0.143 e. The van der Waals surface area contributed by atoms with E-state index < -0.39 is 0 Å². The summed E-state index contributed by atoms with van der Waals surface area (Å²) in [4.78, 5) is 13.9. The van der Waals surface area contributed by atoms with Gasteiger partial charge in [0.15, 0.2) is 0 Å². The standard InChI is InChI=1S/C16H17N5O/c1-3-13(21-7-9-22-10-8-21)4-2-12(1)20-16-14-5-6-17-15(14)18-11-19-16/h1-6,11H,7-10H2,(H2,17,18,19,20). The zero-order valence-corrected chi connectivity index (χ0v) is 12.1. The number of nitrogens with one attached hydrogen (secondary N) is 2. The molecule has 2 aromatic heterocycles. The van der Waals surface area contributed by atoms with Gasteiger partial charge in [0.05, 0.1) is 18.6 Å². The van der Waals surface area contributed by atoms with Crippen molar-refractivity contribution in [3.8, 4) is 0 Å². The molecule has 4 rings (SSSR count). The minimum atomic E-state index is 0.798. The fraction of sp³-hybridized carbons (Fsp3) is 0.250. The van der Waals surface area contributed by atoms with Crippen LogP contribution < -0.4 is 10.2 Å². The lowest BCUT2D eigenvalue weighted by Gasteiger charge is -2.28. The second-order valence-electron chi connectivity index (χ2n) is 5.23. The second-order valence-corrected chi connectivity index (χ2v) is 5.23. The Balaban J connectivity index is 1.54. The molecule has 0 radical (unpaired) electrons. The van der Waals surface area contributed by atoms with Crippen LogP contribution in [0.4, 0.5) is 17.2 Å². The third kappa shape index (κ3) is 2.48. The Morgan fingerprint density at radius 2 is 1.86 bits per heavy atom. The van der Waals surface area contributed by atoms with Crippen molar-refractivity contribution in [2.75, 3.05) is 36.5 Å². The second kappa shape index (κ2) is 5.65. The SMILES string of the molecule is c1nc(Nc2ccc(N3CCOCC3)cc2)c2cc[nH]c2n1. The van der Waals surface area contributed by atoms with Crippen molar-refractivity contribution in [1.29, 1.82) is 0 Å². The minimum absolute atomic E-state index is 0.798. The molecule has 0 bridgehead atoms. The molecule has 1 fully saturated rings. The summed E-state index contributed by atoms with van der Waals surface area (Å²) in [5, 5.41) is 4.33. The van der Waals surface area contributed by atoms with Crippen molar-refractivity contribution >= 4 is 28.2 Å². The van der Waals surface area contributed by atoms with E-state index in [1.54, 1.807) is 6.33 Å². The van der Waals surface area contributed by atoms with Crippen LogP contribution >= 0.6 is 0 Å².